The highest BCUT2D eigenvalue weighted by atomic mass is 14.0. The van der Waals surface area contributed by atoms with E-state index in [9.17, 15) is 0 Å². The first-order valence-corrected chi connectivity index (χ1v) is 6.24. The Hall–Kier alpha value is -1.30. The van der Waals surface area contributed by atoms with Crippen molar-refractivity contribution in [3.8, 4) is 0 Å². The Morgan fingerprint density at radius 3 is 1.65 bits per heavy atom. The summed E-state index contributed by atoms with van der Waals surface area (Å²) in [6.45, 7) is 16.7. The second kappa shape index (κ2) is 7.89. The maximum absolute atomic E-state index is 3.97. The normalized spacial score (nSPS) is 12.1. The molecule has 0 aliphatic heterocycles. The van der Waals surface area contributed by atoms with Gasteiger partial charge in [0.05, 0.1) is 0 Å². The van der Waals surface area contributed by atoms with Gasteiger partial charge in [0.25, 0.3) is 0 Å². The van der Waals surface area contributed by atoms with Crippen LogP contribution >= 0.6 is 0 Å². The van der Waals surface area contributed by atoms with Crippen LogP contribution in [-0.4, -0.2) is 0 Å². The molecule has 94 valence electrons. The molecule has 0 aromatic heterocycles. The second-order valence-corrected chi connectivity index (χ2v) is 4.96. The van der Waals surface area contributed by atoms with Gasteiger partial charge in [-0.3, -0.25) is 0 Å². The molecule has 0 spiro atoms. The first-order chi connectivity index (χ1) is 7.86. The molecular weight excluding hydrogens is 204 g/mol. The fraction of sp³-hybridized carbons (Fsp3) is 0.412. The number of hydrogen-bond acceptors (Lipinski definition) is 0. The first kappa shape index (κ1) is 15.7. The van der Waals surface area contributed by atoms with Crippen molar-refractivity contribution in [3.63, 3.8) is 0 Å². The van der Waals surface area contributed by atoms with Crippen molar-refractivity contribution in [3.05, 3.63) is 58.7 Å². The number of hydrogen-bond donors (Lipinski definition) is 0. The van der Waals surface area contributed by atoms with Gasteiger partial charge in [0.1, 0.15) is 0 Å². The Morgan fingerprint density at radius 2 is 1.29 bits per heavy atom. The average Bonchev–Trinajstić information content (AvgIpc) is 2.13. The van der Waals surface area contributed by atoms with Gasteiger partial charge in [0.2, 0.25) is 0 Å². The molecule has 0 amide bonds. The zero-order chi connectivity index (χ0) is 13.4. The fourth-order valence-electron chi connectivity index (χ4n) is 1.58. The molecule has 0 N–H and O–H groups in total. The van der Waals surface area contributed by atoms with Gasteiger partial charge < -0.3 is 0 Å². The maximum Gasteiger partial charge on any atom is -0.0185 e. The van der Waals surface area contributed by atoms with E-state index < -0.39 is 0 Å². The molecule has 0 atom stereocenters. The number of allylic oxidation sites excluding steroid dienone is 9. The molecule has 0 aromatic carbocycles. The Bertz CT molecular complexity index is 376. The highest BCUT2D eigenvalue weighted by Crippen LogP contribution is 2.19. The summed E-state index contributed by atoms with van der Waals surface area (Å²) in [5, 5.41) is 0. The third-order valence-electron chi connectivity index (χ3n) is 2.05. The van der Waals surface area contributed by atoms with Gasteiger partial charge in [-0.15, -0.1) is 0 Å². The third-order valence-corrected chi connectivity index (χ3v) is 2.05. The molecule has 0 radical (unpaired) electrons. The molecule has 0 unspecified atom stereocenters. The molecule has 0 aliphatic carbocycles. The molecule has 0 aliphatic rings. The Balaban J connectivity index is 5.55. The largest absolute Gasteiger partial charge is 0.0961 e. The minimum atomic E-state index is 1.04. The molecule has 17 heavy (non-hydrogen) atoms. The summed E-state index contributed by atoms with van der Waals surface area (Å²) >= 11 is 0. The van der Waals surface area contributed by atoms with E-state index in [-0.39, 0.29) is 0 Å². The second-order valence-electron chi connectivity index (χ2n) is 4.96. The van der Waals surface area contributed by atoms with E-state index in [1.54, 1.807) is 0 Å². The van der Waals surface area contributed by atoms with Gasteiger partial charge in [-0.05, 0) is 52.2 Å². The van der Waals surface area contributed by atoms with Crippen molar-refractivity contribution >= 4 is 0 Å². The van der Waals surface area contributed by atoms with Crippen molar-refractivity contribution in [2.24, 2.45) is 0 Å². The Kier molecular flexibility index (Phi) is 7.29. The molecule has 0 saturated heterocycles. The lowest BCUT2D eigenvalue weighted by Crippen LogP contribution is -1.87. The van der Waals surface area contributed by atoms with Crippen LogP contribution in [0.2, 0.25) is 0 Å². The van der Waals surface area contributed by atoms with E-state index in [0.717, 1.165) is 12.0 Å². The van der Waals surface area contributed by atoms with Crippen LogP contribution < -0.4 is 0 Å². The van der Waals surface area contributed by atoms with Crippen molar-refractivity contribution in [2.75, 3.05) is 0 Å². The maximum atomic E-state index is 3.97. The Morgan fingerprint density at radius 1 is 0.824 bits per heavy atom. The first-order valence-electron chi connectivity index (χ1n) is 6.24. The molecule has 0 fully saturated rings. The van der Waals surface area contributed by atoms with E-state index in [1.807, 2.05) is 6.92 Å². The topological polar surface area (TPSA) is 0 Å². The Labute approximate surface area is 107 Å². The predicted octanol–water partition coefficient (Wildman–Crippen LogP) is 5.76. The van der Waals surface area contributed by atoms with Gasteiger partial charge in [0.15, 0.2) is 0 Å². The highest BCUT2D eigenvalue weighted by Gasteiger charge is 2.00. The fourth-order valence-corrected chi connectivity index (χ4v) is 1.58. The number of rotatable bonds is 5. The molecule has 0 bridgehead atoms. The van der Waals surface area contributed by atoms with Gasteiger partial charge in [-0.2, -0.15) is 0 Å². The summed E-state index contributed by atoms with van der Waals surface area (Å²) in [4.78, 5) is 0. The van der Waals surface area contributed by atoms with Crippen LogP contribution in [0.5, 0.6) is 0 Å². The van der Waals surface area contributed by atoms with Crippen molar-refractivity contribution in [2.45, 2.75) is 48.0 Å². The van der Waals surface area contributed by atoms with E-state index in [4.69, 9.17) is 0 Å². The molecular formula is C17H26. The summed E-state index contributed by atoms with van der Waals surface area (Å²) < 4.78 is 0. The van der Waals surface area contributed by atoms with E-state index in [1.165, 1.54) is 22.3 Å². The molecule has 0 aromatic rings. The van der Waals surface area contributed by atoms with Crippen LogP contribution in [0, 0.1) is 0 Å². The molecule has 0 nitrogen and oxygen atoms in total. The highest BCUT2D eigenvalue weighted by molar-refractivity contribution is 5.50. The zero-order valence-electron chi connectivity index (χ0n) is 12.2. The van der Waals surface area contributed by atoms with Crippen LogP contribution in [0.3, 0.4) is 0 Å². The summed E-state index contributed by atoms with van der Waals surface area (Å²) in [5.41, 5.74) is 6.25. The smallest absolute Gasteiger partial charge is 0.0185 e. The summed E-state index contributed by atoms with van der Waals surface area (Å²) in [6, 6.07) is 0. The van der Waals surface area contributed by atoms with Crippen molar-refractivity contribution in [1.29, 1.82) is 0 Å². The summed E-state index contributed by atoms with van der Waals surface area (Å²) in [7, 11) is 0. The minimum Gasteiger partial charge on any atom is -0.0961 e. The lowest BCUT2D eigenvalue weighted by Gasteiger charge is -2.07. The van der Waals surface area contributed by atoms with E-state index >= 15 is 0 Å². The van der Waals surface area contributed by atoms with Crippen LogP contribution in [0.1, 0.15) is 48.0 Å². The zero-order valence-corrected chi connectivity index (χ0v) is 12.2. The van der Waals surface area contributed by atoms with Crippen molar-refractivity contribution in [1.82, 2.24) is 0 Å². The average molecular weight is 230 g/mol. The summed E-state index contributed by atoms with van der Waals surface area (Å²) in [5.74, 6) is 0. The van der Waals surface area contributed by atoms with Crippen LogP contribution in [0.15, 0.2) is 58.7 Å². The van der Waals surface area contributed by atoms with E-state index in [0.29, 0.717) is 0 Å². The van der Waals surface area contributed by atoms with Crippen LogP contribution in [0.4, 0.5) is 0 Å². The lowest BCUT2D eigenvalue weighted by atomic mass is 9.98. The van der Waals surface area contributed by atoms with E-state index in [2.05, 4.69) is 65.5 Å². The van der Waals surface area contributed by atoms with Crippen LogP contribution in [0.25, 0.3) is 0 Å². The monoisotopic (exact) mass is 230 g/mol. The van der Waals surface area contributed by atoms with Crippen LogP contribution in [-0.2, 0) is 0 Å². The minimum absolute atomic E-state index is 1.04. The van der Waals surface area contributed by atoms with Gasteiger partial charge in [-0.1, -0.05) is 54.5 Å². The molecule has 0 heteroatoms. The standard InChI is InChI=1S/C17H26/c1-8-9-16(10-13(2)3)17(11-14(4)5)12-15(6)7/h9-12H,4,8H2,1-3,5-7H3/b16-9+,17-11+. The molecule has 0 heterocycles. The van der Waals surface area contributed by atoms with Gasteiger partial charge in [0, 0.05) is 0 Å². The SMILES string of the molecule is C=C(C)/C=C(C=C(C)C)/C(C=C(C)C)=C/CC. The van der Waals surface area contributed by atoms with Crippen molar-refractivity contribution < 1.29 is 0 Å². The third kappa shape index (κ3) is 7.57. The quantitative estimate of drug-likeness (QED) is 0.527. The lowest BCUT2D eigenvalue weighted by molar-refractivity contribution is 1.19. The summed E-state index contributed by atoms with van der Waals surface area (Å²) in [6.07, 6.45) is 9.91. The molecule has 0 saturated carbocycles. The predicted molar refractivity (Wildman–Crippen MR) is 80.1 cm³/mol. The molecule has 0 rings (SSSR count). The van der Waals surface area contributed by atoms with Gasteiger partial charge >= 0.3 is 0 Å². The van der Waals surface area contributed by atoms with Gasteiger partial charge in [-0.25, -0.2) is 0 Å².